The summed E-state index contributed by atoms with van der Waals surface area (Å²) in [6, 6.07) is 7.56. The van der Waals surface area contributed by atoms with Crippen LogP contribution in [-0.2, 0) is 4.74 Å². The number of rotatable bonds is 7. The minimum atomic E-state index is -0.509. The predicted octanol–water partition coefficient (Wildman–Crippen LogP) is 4.18. The van der Waals surface area contributed by atoms with Gasteiger partial charge in [-0.1, -0.05) is 6.92 Å². The van der Waals surface area contributed by atoms with E-state index in [1.54, 1.807) is 54.1 Å². The first-order valence-corrected chi connectivity index (χ1v) is 15.1. The molecule has 4 amide bonds. The maximum atomic E-state index is 14.2. The molecule has 2 aromatic rings. The maximum absolute atomic E-state index is 14.2. The molecule has 0 bridgehead atoms. The molecule has 11 nitrogen and oxygen atoms in total. The van der Waals surface area contributed by atoms with Crippen molar-refractivity contribution >= 4 is 23.5 Å². The highest BCUT2D eigenvalue weighted by atomic mass is 16.5. The first-order valence-electron chi connectivity index (χ1n) is 15.1. The summed E-state index contributed by atoms with van der Waals surface area (Å²) in [5.74, 6) is -0.424. The fourth-order valence-electron chi connectivity index (χ4n) is 4.88. The highest BCUT2D eigenvalue weighted by molar-refractivity contribution is 6.05. The molecule has 4 atom stereocenters. The van der Waals surface area contributed by atoms with E-state index in [2.05, 4.69) is 15.6 Å². The van der Waals surface area contributed by atoms with Gasteiger partial charge in [0.1, 0.15) is 5.75 Å². The quantitative estimate of drug-likeness (QED) is 0.436. The standard InChI is InChI=1S/C32H47N5O6/c1-21(2)34-32(41)36(6)19-29-22(3)18-37(23(4)20-38)31(40)27-17-26(35-30(39)25-12-14-33-15-13-25)10-11-28(27)43-24(5)9-7-8-16-42-29/h10-15,17,21-24,29,38H,7-9,16,18-20H2,1-6H3,(H,34,41)(H,35,39)/t22-,23+,24+,29-/m1/s1. The van der Waals surface area contributed by atoms with E-state index >= 15 is 0 Å². The number of aliphatic hydroxyl groups excluding tert-OH is 1. The van der Waals surface area contributed by atoms with Crippen LogP contribution in [0, 0.1) is 5.92 Å². The van der Waals surface area contributed by atoms with Crippen molar-refractivity contribution in [3.63, 3.8) is 0 Å². The van der Waals surface area contributed by atoms with E-state index < -0.39 is 6.04 Å². The number of aliphatic hydroxyl groups is 1. The zero-order chi connectivity index (χ0) is 31.5. The van der Waals surface area contributed by atoms with E-state index in [1.807, 2.05) is 27.7 Å². The lowest BCUT2D eigenvalue weighted by Crippen LogP contribution is -2.49. The van der Waals surface area contributed by atoms with Crippen molar-refractivity contribution in [2.24, 2.45) is 5.92 Å². The van der Waals surface area contributed by atoms with E-state index in [4.69, 9.17) is 9.47 Å². The summed E-state index contributed by atoms with van der Waals surface area (Å²) in [6.07, 6.45) is 5.01. The molecule has 0 spiro atoms. The van der Waals surface area contributed by atoms with E-state index in [9.17, 15) is 19.5 Å². The van der Waals surface area contributed by atoms with Crippen molar-refractivity contribution in [3.8, 4) is 5.75 Å². The number of urea groups is 1. The van der Waals surface area contributed by atoms with Gasteiger partial charge in [0.2, 0.25) is 0 Å². The van der Waals surface area contributed by atoms with Gasteiger partial charge in [-0.2, -0.15) is 0 Å². The lowest BCUT2D eigenvalue weighted by molar-refractivity contribution is -0.0122. The molecule has 1 aliphatic heterocycles. The van der Waals surface area contributed by atoms with Gasteiger partial charge >= 0.3 is 6.03 Å². The number of aromatic nitrogens is 1. The fraction of sp³-hybridized carbons (Fsp3) is 0.562. The Hall–Kier alpha value is -3.70. The number of carbonyl (C=O) groups excluding carboxylic acids is 3. The molecule has 0 aliphatic carbocycles. The number of amides is 4. The van der Waals surface area contributed by atoms with Crippen LogP contribution >= 0.6 is 0 Å². The molecular formula is C32H47N5O6. The average molecular weight is 598 g/mol. The Labute approximate surface area is 254 Å². The Bertz CT molecular complexity index is 1210. The first-order chi connectivity index (χ1) is 20.5. The number of likely N-dealkylation sites (N-methyl/N-ethyl adjacent to an activating group) is 1. The van der Waals surface area contributed by atoms with Gasteiger partial charge in [0, 0.05) is 62.3 Å². The molecular weight excluding hydrogens is 550 g/mol. The van der Waals surface area contributed by atoms with Gasteiger partial charge in [0.05, 0.1) is 30.4 Å². The minimum absolute atomic E-state index is 0.000505. The largest absolute Gasteiger partial charge is 0.490 e. The molecule has 1 aliphatic rings. The van der Waals surface area contributed by atoms with E-state index in [1.165, 1.54) is 12.4 Å². The zero-order valence-corrected chi connectivity index (χ0v) is 26.2. The number of fused-ring (bicyclic) bond motifs is 1. The van der Waals surface area contributed by atoms with Crippen molar-refractivity contribution in [3.05, 3.63) is 53.9 Å². The number of benzene rings is 1. The van der Waals surface area contributed by atoms with Crippen LogP contribution < -0.4 is 15.4 Å². The third-order valence-electron chi connectivity index (χ3n) is 7.46. The SMILES string of the molecule is CC(C)NC(=O)N(C)C[C@H]1OCCCC[C@H](C)Oc2ccc(NC(=O)c3ccncc3)cc2C(=O)N([C@@H](C)CO)C[C@H]1C. The molecule has 43 heavy (non-hydrogen) atoms. The van der Waals surface area contributed by atoms with Crippen LogP contribution in [0.25, 0.3) is 0 Å². The normalized spacial score (nSPS) is 20.8. The Balaban J connectivity index is 1.94. The Morgan fingerprint density at radius 1 is 1.14 bits per heavy atom. The summed E-state index contributed by atoms with van der Waals surface area (Å²) in [7, 11) is 1.73. The molecule has 1 aromatic carbocycles. The van der Waals surface area contributed by atoms with Crippen LogP contribution in [0.5, 0.6) is 5.75 Å². The van der Waals surface area contributed by atoms with Gasteiger partial charge < -0.3 is 35.0 Å². The fourth-order valence-corrected chi connectivity index (χ4v) is 4.88. The lowest BCUT2D eigenvalue weighted by Gasteiger charge is -2.36. The number of hydrogen-bond acceptors (Lipinski definition) is 7. The molecule has 11 heteroatoms. The summed E-state index contributed by atoms with van der Waals surface area (Å²) in [6.45, 7) is 10.4. The maximum Gasteiger partial charge on any atom is 0.317 e. The molecule has 0 saturated carbocycles. The Morgan fingerprint density at radius 3 is 2.53 bits per heavy atom. The predicted molar refractivity (Wildman–Crippen MR) is 165 cm³/mol. The van der Waals surface area contributed by atoms with E-state index in [-0.39, 0.29) is 60.7 Å². The van der Waals surface area contributed by atoms with Gasteiger partial charge in [0.15, 0.2) is 0 Å². The third-order valence-corrected chi connectivity index (χ3v) is 7.46. The molecule has 0 unspecified atom stereocenters. The number of nitrogens with zero attached hydrogens (tertiary/aromatic N) is 3. The Morgan fingerprint density at radius 2 is 1.86 bits per heavy atom. The lowest BCUT2D eigenvalue weighted by atomic mass is 10.0. The Kier molecular flexibility index (Phi) is 12.8. The summed E-state index contributed by atoms with van der Waals surface area (Å²) in [5, 5.41) is 15.9. The van der Waals surface area contributed by atoms with Crippen LogP contribution in [0.15, 0.2) is 42.7 Å². The van der Waals surface area contributed by atoms with Gasteiger partial charge in [-0.3, -0.25) is 14.6 Å². The molecule has 2 heterocycles. The number of hydrogen-bond donors (Lipinski definition) is 3. The highest BCUT2D eigenvalue weighted by Crippen LogP contribution is 2.28. The van der Waals surface area contributed by atoms with Gasteiger partial charge in [-0.15, -0.1) is 0 Å². The number of ether oxygens (including phenoxy) is 2. The van der Waals surface area contributed by atoms with Crippen LogP contribution in [0.3, 0.4) is 0 Å². The smallest absolute Gasteiger partial charge is 0.317 e. The third kappa shape index (κ3) is 9.93. The monoisotopic (exact) mass is 597 g/mol. The number of anilines is 1. The van der Waals surface area contributed by atoms with E-state index in [0.717, 1.165) is 19.3 Å². The van der Waals surface area contributed by atoms with Crippen molar-refractivity contribution in [1.29, 1.82) is 0 Å². The number of carbonyl (C=O) groups is 3. The summed E-state index contributed by atoms with van der Waals surface area (Å²) < 4.78 is 12.6. The second kappa shape index (κ2) is 16.2. The van der Waals surface area contributed by atoms with Crippen molar-refractivity contribution in [2.45, 2.75) is 78.2 Å². The van der Waals surface area contributed by atoms with Crippen molar-refractivity contribution < 1.29 is 29.0 Å². The molecule has 0 saturated heterocycles. The van der Waals surface area contributed by atoms with Gasteiger partial charge in [-0.25, -0.2) is 4.79 Å². The molecule has 0 radical (unpaired) electrons. The number of pyridine rings is 1. The highest BCUT2D eigenvalue weighted by Gasteiger charge is 2.31. The van der Waals surface area contributed by atoms with Crippen LogP contribution in [0.2, 0.25) is 0 Å². The van der Waals surface area contributed by atoms with Crippen LogP contribution in [0.4, 0.5) is 10.5 Å². The molecule has 3 rings (SSSR count). The summed E-state index contributed by atoms with van der Waals surface area (Å²) in [5.41, 5.74) is 1.17. The average Bonchev–Trinajstić information content (AvgIpc) is 2.98. The minimum Gasteiger partial charge on any atom is -0.490 e. The van der Waals surface area contributed by atoms with Crippen molar-refractivity contribution in [1.82, 2.24) is 20.1 Å². The molecule has 0 fully saturated rings. The molecule has 3 N–H and O–H groups in total. The van der Waals surface area contributed by atoms with Gasteiger partial charge in [-0.05, 0) is 77.3 Å². The summed E-state index contributed by atoms with van der Waals surface area (Å²) >= 11 is 0. The van der Waals surface area contributed by atoms with Crippen LogP contribution in [-0.4, -0.2) is 95.4 Å². The van der Waals surface area contributed by atoms with E-state index in [0.29, 0.717) is 30.2 Å². The topological polar surface area (TPSA) is 133 Å². The second-order valence-corrected chi connectivity index (χ2v) is 11.7. The summed E-state index contributed by atoms with van der Waals surface area (Å²) in [4.78, 5) is 46.9. The first kappa shape index (κ1) is 33.8. The van der Waals surface area contributed by atoms with Crippen LogP contribution in [0.1, 0.15) is 74.6 Å². The number of nitrogens with one attached hydrogen (secondary N) is 2. The van der Waals surface area contributed by atoms with Crippen molar-refractivity contribution in [2.75, 3.05) is 38.7 Å². The molecule has 1 aromatic heterocycles. The second-order valence-electron chi connectivity index (χ2n) is 11.7. The van der Waals surface area contributed by atoms with Gasteiger partial charge in [0.25, 0.3) is 11.8 Å². The zero-order valence-electron chi connectivity index (χ0n) is 26.2. The molecule has 236 valence electrons.